The first-order valence-electron chi connectivity index (χ1n) is 9.99. The number of aliphatic hydroxyl groups excluding tert-OH is 2. The van der Waals surface area contributed by atoms with Crippen molar-refractivity contribution in [3.63, 3.8) is 0 Å². The third-order valence-corrected chi connectivity index (χ3v) is 8.25. The van der Waals surface area contributed by atoms with Crippen LogP contribution in [0, 0.1) is 34.5 Å². The fourth-order valence-corrected chi connectivity index (χ4v) is 6.66. The zero-order valence-electron chi connectivity index (χ0n) is 15.4. The molecule has 0 aromatic carbocycles. The molecule has 4 rings (SSSR count). The minimum absolute atomic E-state index is 0.0194. The van der Waals surface area contributed by atoms with Crippen molar-refractivity contribution >= 4 is 5.97 Å². The van der Waals surface area contributed by atoms with Gasteiger partial charge in [0.25, 0.3) is 0 Å². The molecule has 2 aliphatic heterocycles. The van der Waals surface area contributed by atoms with Crippen LogP contribution in [0.15, 0.2) is 0 Å². The second-order valence-corrected chi connectivity index (χ2v) is 9.35. The average molecular weight is 352 g/mol. The standard InChI is InChI=1S/C20H32O5/c1-12-16(22)9-20-11-25-18(23)14(20)3-4-15(21)17(20)19(12,2)7-5-13-6-8-24-10-13/h12-17,21-22H,3-11H2,1-2H3/t12-,13?,14-,15+,16-,17+,19+,20-/m1/s1. The van der Waals surface area contributed by atoms with Gasteiger partial charge in [0.1, 0.15) is 0 Å². The Balaban J connectivity index is 1.66. The molecule has 2 N–H and O–H groups in total. The van der Waals surface area contributed by atoms with E-state index in [1.807, 2.05) is 0 Å². The number of hydrogen-bond acceptors (Lipinski definition) is 5. The van der Waals surface area contributed by atoms with E-state index in [0.717, 1.165) is 32.5 Å². The van der Waals surface area contributed by atoms with Crippen molar-refractivity contribution in [3.8, 4) is 0 Å². The summed E-state index contributed by atoms with van der Waals surface area (Å²) in [7, 11) is 0. The molecule has 0 aromatic heterocycles. The third-order valence-electron chi connectivity index (χ3n) is 8.25. The molecule has 4 aliphatic rings. The maximum absolute atomic E-state index is 12.3. The second-order valence-electron chi connectivity index (χ2n) is 9.35. The molecule has 1 unspecified atom stereocenters. The summed E-state index contributed by atoms with van der Waals surface area (Å²) in [6.07, 6.45) is 4.20. The predicted octanol–water partition coefficient (Wildman–Crippen LogP) is 2.14. The summed E-state index contributed by atoms with van der Waals surface area (Å²) in [4.78, 5) is 12.3. The van der Waals surface area contributed by atoms with Crippen LogP contribution in [0.1, 0.15) is 52.4 Å². The van der Waals surface area contributed by atoms with Crippen molar-refractivity contribution < 1.29 is 24.5 Å². The largest absolute Gasteiger partial charge is 0.465 e. The van der Waals surface area contributed by atoms with Gasteiger partial charge in [-0.05, 0) is 55.8 Å². The van der Waals surface area contributed by atoms with Crippen LogP contribution in [0.4, 0.5) is 0 Å². The highest BCUT2D eigenvalue weighted by Gasteiger charge is 2.67. The number of aliphatic hydroxyl groups is 2. The number of esters is 1. The summed E-state index contributed by atoms with van der Waals surface area (Å²) in [5.41, 5.74) is -0.575. The van der Waals surface area contributed by atoms with Crippen molar-refractivity contribution in [2.45, 2.75) is 64.6 Å². The van der Waals surface area contributed by atoms with Crippen LogP contribution in [-0.4, -0.2) is 48.2 Å². The van der Waals surface area contributed by atoms with Gasteiger partial charge < -0.3 is 19.7 Å². The molecule has 142 valence electrons. The van der Waals surface area contributed by atoms with Crippen molar-refractivity contribution in [2.75, 3.05) is 19.8 Å². The Bertz CT molecular complexity index is 530. The Hall–Kier alpha value is -0.650. The molecule has 25 heavy (non-hydrogen) atoms. The molecule has 0 amide bonds. The first-order valence-corrected chi connectivity index (χ1v) is 9.99. The minimum Gasteiger partial charge on any atom is -0.465 e. The van der Waals surface area contributed by atoms with Gasteiger partial charge in [-0.1, -0.05) is 13.8 Å². The summed E-state index contributed by atoms with van der Waals surface area (Å²) in [6, 6.07) is 0. The van der Waals surface area contributed by atoms with Crippen molar-refractivity contribution in [2.24, 2.45) is 34.5 Å². The maximum Gasteiger partial charge on any atom is 0.309 e. The van der Waals surface area contributed by atoms with E-state index in [2.05, 4.69) is 13.8 Å². The lowest BCUT2D eigenvalue weighted by Crippen LogP contribution is -2.63. The lowest BCUT2D eigenvalue weighted by atomic mass is 9.43. The van der Waals surface area contributed by atoms with Gasteiger partial charge in [0.05, 0.1) is 24.7 Å². The highest BCUT2D eigenvalue weighted by molar-refractivity contribution is 5.76. The number of hydrogen-bond donors (Lipinski definition) is 2. The van der Waals surface area contributed by atoms with E-state index in [1.165, 1.54) is 0 Å². The van der Waals surface area contributed by atoms with E-state index in [1.54, 1.807) is 0 Å². The molecule has 2 saturated heterocycles. The number of carbonyl (C=O) groups excluding carboxylic acids is 1. The van der Waals surface area contributed by atoms with Gasteiger partial charge in [0.15, 0.2) is 0 Å². The van der Waals surface area contributed by atoms with Crippen LogP contribution in [0.2, 0.25) is 0 Å². The molecule has 5 heteroatoms. The minimum atomic E-state index is -0.441. The van der Waals surface area contributed by atoms with Gasteiger partial charge in [-0.3, -0.25) is 4.79 Å². The number of rotatable bonds is 3. The second kappa shape index (κ2) is 6.21. The molecular formula is C20H32O5. The summed E-state index contributed by atoms with van der Waals surface area (Å²) in [5.74, 6) is 0.430. The van der Waals surface area contributed by atoms with Gasteiger partial charge in [-0.2, -0.15) is 0 Å². The number of carbonyl (C=O) groups is 1. The fourth-order valence-electron chi connectivity index (χ4n) is 6.66. The van der Waals surface area contributed by atoms with Gasteiger partial charge in [0.2, 0.25) is 0 Å². The lowest BCUT2D eigenvalue weighted by molar-refractivity contribution is -0.198. The first-order chi connectivity index (χ1) is 11.9. The van der Waals surface area contributed by atoms with Crippen molar-refractivity contribution in [3.05, 3.63) is 0 Å². The van der Waals surface area contributed by atoms with Crippen molar-refractivity contribution in [1.29, 1.82) is 0 Å². The molecule has 8 atom stereocenters. The van der Waals surface area contributed by atoms with E-state index in [9.17, 15) is 15.0 Å². The average Bonchev–Trinajstić information content (AvgIpc) is 3.19. The van der Waals surface area contributed by atoms with Crippen molar-refractivity contribution in [1.82, 2.24) is 0 Å². The Kier molecular flexibility index (Phi) is 4.41. The van der Waals surface area contributed by atoms with E-state index >= 15 is 0 Å². The quantitative estimate of drug-likeness (QED) is 0.761. The maximum atomic E-state index is 12.3. The van der Waals surface area contributed by atoms with Gasteiger partial charge in [0, 0.05) is 24.5 Å². The van der Waals surface area contributed by atoms with E-state index in [0.29, 0.717) is 31.8 Å². The number of cyclic esters (lactones) is 1. The Labute approximate surface area is 150 Å². The molecule has 5 nitrogen and oxygen atoms in total. The smallest absolute Gasteiger partial charge is 0.309 e. The first kappa shape index (κ1) is 17.7. The van der Waals surface area contributed by atoms with Gasteiger partial charge in [-0.15, -0.1) is 0 Å². The normalized spacial score (nSPS) is 52.6. The number of ether oxygens (including phenoxy) is 2. The van der Waals surface area contributed by atoms with Crippen LogP contribution in [0.3, 0.4) is 0 Å². The van der Waals surface area contributed by atoms with Crippen LogP contribution in [-0.2, 0) is 14.3 Å². The molecule has 0 radical (unpaired) electrons. The SMILES string of the molecule is C[C@@H]1[C@H](O)C[C@@]23COC(=O)[C@H]2CC[C@H](O)[C@H]3[C@@]1(C)CCC1CCOC1. The zero-order chi connectivity index (χ0) is 17.8. The zero-order valence-corrected chi connectivity index (χ0v) is 15.4. The van der Waals surface area contributed by atoms with E-state index in [-0.39, 0.29) is 34.6 Å². The Morgan fingerprint density at radius 2 is 2.00 bits per heavy atom. The summed E-state index contributed by atoms with van der Waals surface area (Å²) >= 11 is 0. The summed E-state index contributed by atoms with van der Waals surface area (Å²) in [5, 5.41) is 21.9. The fraction of sp³-hybridized carbons (Fsp3) is 0.950. The van der Waals surface area contributed by atoms with Crippen LogP contribution < -0.4 is 0 Å². The summed E-state index contributed by atoms with van der Waals surface area (Å²) < 4.78 is 11.0. The van der Waals surface area contributed by atoms with Gasteiger partial charge >= 0.3 is 5.97 Å². The highest BCUT2D eigenvalue weighted by atomic mass is 16.5. The summed E-state index contributed by atoms with van der Waals surface area (Å²) in [6.45, 7) is 6.40. The molecule has 2 heterocycles. The molecule has 1 spiro atoms. The molecule has 4 fully saturated rings. The third kappa shape index (κ3) is 2.57. The predicted molar refractivity (Wildman–Crippen MR) is 91.7 cm³/mol. The Morgan fingerprint density at radius 1 is 1.20 bits per heavy atom. The molecule has 2 aliphatic carbocycles. The van der Waals surface area contributed by atoms with E-state index in [4.69, 9.17) is 9.47 Å². The monoisotopic (exact) mass is 352 g/mol. The van der Waals surface area contributed by atoms with Crippen LogP contribution in [0.5, 0.6) is 0 Å². The van der Waals surface area contributed by atoms with Crippen LogP contribution in [0.25, 0.3) is 0 Å². The topological polar surface area (TPSA) is 76.0 Å². The molecular weight excluding hydrogens is 320 g/mol. The van der Waals surface area contributed by atoms with Crippen LogP contribution >= 0.6 is 0 Å². The van der Waals surface area contributed by atoms with Gasteiger partial charge in [-0.25, -0.2) is 0 Å². The molecule has 0 aromatic rings. The Morgan fingerprint density at radius 3 is 2.72 bits per heavy atom. The van der Waals surface area contributed by atoms with E-state index < -0.39 is 12.2 Å². The molecule has 0 bridgehead atoms. The lowest BCUT2D eigenvalue weighted by Gasteiger charge is -2.61. The highest BCUT2D eigenvalue weighted by Crippen LogP contribution is 2.65. The molecule has 2 saturated carbocycles.